The molecule has 1 fully saturated rings. The Labute approximate surface area is 141 Å². The molecule has 2 atom stereocenters. The summed E-state index contributed by atoms with van der Waals surface area (Å²) in [6.45, 7) is 6.23. The van der Waals surface area contributed by atoms with Gasteiger partial charge in [0.05, 0.1) is 18.5 Å². The van der Waals surface area contributed by atoms with Crippen molar-refractivity contribution >= 4 is 11.8 Å². The first-order valence-electron chi connectivity index (χ1n) is 8.28. The van der Waals surface area contributed by atoms with Gasteiger partial charge in [0, 0.05) is 43.3 Å². The van der Waals surface area contributed by atoms with Gasteiger partial charge in [-0.1, -0.05) is 0 Å². The van der Waals surface area contributed by atoms with Crippen LogP contribution < -0.4 is 10.6 Å². The zero-order valence-corrected chi connectivity index (χ0v) is 14.1. The van der Waals surface area contributed by atoms with Crippen LogP contribution in [0.4, 0.5) is 10.6 Å². The zero-order chi connectivity index (χ0) is 16.9. The largest absolute Gasteiger partial charge is 0.381 e. The number of nitrogens with one attached hydrogen (secondary N) is 3. The van der Waals surface area contributed by atoms with Gasteiger partial charge in [-0.05, 0) is 26.3 Å². The van der Waals surface area contributed by atoms with Crippen LogP contribution in [0.1, 0.15) is 24.7 Å². The zero-order valence-electron chi connectivity index (χ0n) is 14.1. The molecule has 2 amide bonds. The molecule has 130 valence electrons. The van der Waals surface area contributed by atoms with Crippen LogP contribution in [0.3, 0.4) is 0 Å². The van der Waals surface area contributed by atoms with Crippen LogP contribution >= 0.6 is 0 Å². The lowest BCUT2D eigenvalue weighted by atomic mass is 10.1. The van der Waals surface area contributed by atoms with Crippen molar-refractivity contribution in [1.82, 2.24) is 25.3 Å². The minimum absolute atomic E-state index is 0.0210. The Bertz CT molecular complexity index is 674. The van der Waals surface area contributed by atoms with Crippen LogP contribution in [0.25, 0.3) is 0 Å². The van der Waals surface area contributed by atoms with Gasteiger partial charge in [-0.25, -0.2) is 9.48 Å². The number of hydrogen-bond acceptors (Lipinski definition) is 4. The molecule has 0 unspecified atom stereocenters. The van der Waals surface area contributed by atoms with Crippen LogP contribution in [-0.4, -0.2) is 45.3 Å². The third kappa shape index (κ3) is 4.35. The van der Waals surface area contributed by atoms with E-state index in [1.165, 1.54) is 0 Å². The van der Waals surface area contributed by atoms with E-state index < -0.39 is 0 Å². The Kier molecular flexibility index (Phi) is 5.14. The summed E-state index contributed by atoms with van der Waals surface area (Å²) < 4.78 is 7.21. The molecule has 0 spiro atoms. The topological polar surface area (TPSA) is 96.9 Å². The molecule has 8 heteroatoms. The summed E-state index contributed by atoms with van der Waals surface area (Å²) in [5.41, 5.74) is 1.95. The predicted molar refractivity (Wildman–Crippen MR) is 89.8 cm³/mol. The Hall–Kier alpha value is -2.35. The maximum Gasteiger partial charge on any atom is 0.320 e. The van der Waals surface area contributed by atoms with E-state index in [1.807, 2.05) is 24.6 Å². The SMILES string of the molecule is Cc1cc(C[C@@H](C)NC(=O)Nc2ccnn2C[C@@H]2CCOC2)n[nH]1. The van der Waals surface area contributed by atoms with Gasteiger partial charge in [0.15, 0.2) is 0 Å². The normalized spacial score (nSPS) is 18.5. The first-order valence-corrected chi connectivity index (χ1v) is 8.28. The number of ether oxygens (including phenoxy) is 1. The molecule has 0 saturated carbocycles. The number of aryl methyl sites for hydroxylation is 1. The number of carbonyl (C=O) groups excluding carboxylic acids is 1. The van der Waals surface area contributed by atoms with Gasteiger partial charge in [0.2, 0.25) is 0 Å². The summed E-state index contributed by atoms with van der Waals surface area (Å²) in [6, 6.07) is 3.53. The van der Waals surface area contributed by atoms with Crippen molar-refractivity contribution in [2.75, 3.05) is 18.5 Å². The number of H-pyrrole nitrogens is 1. The highest BCUT2D eigenvalue weighted by molar-refractivity contribution is 5.88. The number of rotatable bonds is 6. The van der Waals surface area contributed by atoms with Crippen LogP contribution in [0.15, 0.2) is 18.3 Å². The summed E-state index contributed by atoms with van der Waals surface area (Å²) in [4.78, 5) is 12.2. The number of nitrogens with zero attached hydrogens (tertiary/aromatic N) is 3. The van der Waals surface area contributed by atoms with Crippen molar-refractivity contribution in [3.63, 3.8) is 0 Å². The van der Waals surface area contributed by atoms with E-state index in [0.29, 0.717) is 18.2 Å². The Morgan fingerprint density at radius 3 is 3.17 bits per heavy atom. The van der Waals surface area contributed by atoms with Crippen LogP contribution in [0.2, 0.25) is 0 Å². The second-order valence-electron chi connectivity index (χ2n) is 6.37. The van der Waals surface area contributed by atoms with Crippen molar-refractivity contribution in [1.29, 1.82) is 0 Å². The highest BCUT2D eigenvalue weighted by Crippen LogP contribution is 2.17. The fourth-order valence-electron chi connectivity index (χ4n) is 2.88. The van der Waals surface area contributed by atoms with Gasteiger partial charge in [-0.15, -0.1) is 0 Å². The van der Waals surface area contributed by atoms with Crippen molar-refractivity contribution in [2.24, 2.45) is 5.92 Å². The van der Waals surface area contributed by atoms with Gasteiger partial charge in [-0.3, -0.25) is 10.4 Å². The lowest BCUT2D eigenvalue weighted by Gasteiger charge is -2.15. The summed E-state index contributed by atoms with van der Waals surface area (Å²) >= 11 is 0. The van der Waals surface area contributed by atoms with Crippen LogP contribution in [0, 0.1) is 12.8 Å². The fraction of sp³-hybridized carbons (Fsp3) is 0.562. The number of carbonyl (C=O) groups is 1. The van der Waals surface area contributed by atoms with Gasteiger partial charge in [0.1, 0.15) is 5.82 Å². The van der Waals surface area contributed by atoms with E-state index >= 15 is 0 Å². The van der Waals surface area contributed by atoms with Gasteiger partial charge in [-0.2, -0.15) is 10.2 Å². The standard InChI is InChI=1S/C16H24N6O2/c1-11(7-14-8-12(2)20-21-14)18-16(23)19-15-3-5-17-22(15)9-13-4-6-24-10-13/h3,5,8,11,13H,4,6-7,9-10H2,1-2H3,(H,20,21)(H2,18,19,23)/t11-,13+/m1/s1. The molecule has 2 aromatic rings. The molecule has 24 heavy (non-hydrogen) atoms. The Morgan fingerprint density at radius 1 is 1.58 bits per heavy atom. The van der Waals surface area contributed by atoms with Crippen LogP contribution in [0.5, 0.6) is 0 Å². The monoisotopic (exact) mass is 332 g/mol. The molecule has 0 aliphatic carbocycles. The number of amides is 2. The molecule has 0 aromatic carbocycles. The van der Waals surface area contributed by atoms with Crippen molar-refractivity contribution in [3.05, 3.63) is 29.7 Å². The van der Waals surface area contributed by atoms with Crippen molar-refractivity contribution in [2.45, 2.75) is 39.3 Å². The number of urea groups is 1. The highest BCUT2D eigenvalue weighted by atomic mass is 16.5. The molecule has 8 nitrogen and oxygen atoms in total. The van der Waals surface area contributed by atoms with E-state index in [4.69, 9.17) is 4.74 Å². The van der Waals surface area contributed by atoms with E-state index in [2.05, 4.69) is 25.9 Å². The number of aromatic nitrogens is 4. The quantitative estimate of drug-likeness (QED) is 0.750. The van der Waals surface area contributed by atoms with Crippen molar-refractivity contribution in [3.8, 4) is 0 Å². The molecule has 3 rings (SSSR count). The molecule has 3 N–H and O–H groups in total. The smallest absolute Gasteiger partial charge is 0.320 e. The van der Waals surface area contributed by atoms with Gasteiger partial charge >= 0.3 is 6.03 Å². The second kappa shape index (κ2) is 7.48. The number of aromatic amines is 1. The minimum Gasteiger partial charge on any atom is -0.381 e. The van der Waals surface area contributed by atoms with Gasteiger partial charge < -0.3 is 10.1 Å². The van der Waals surface area contributed by atoms with Crippen LogP contribution in [-0.2, 0) is 17.7 Å². The minimum atomic E-state index is -0.237. The Morgan fingerprint density at radius 2 is 2.46 bits per heavy atom. The molecule has 3 heterocycles. The Balaban J connectivity index is 1.50. The van der Waals surface area contributed by atoms with E-state index in [-0.39, 0.29) is 12.1 Å². The first-order chi connectivity index (χ1) is 11.6. The third-order valence-electron chi connectivity index (χ3n) is 4.07. The molecule has 0 bridgehead atoms. The summed E-state index contributed by atoms with van der Waals surface area (Å²) in [5.74, 6) is 1.15. The maximum atomic E-state index is 12.2. The highest BCUT2D eigenvalue weighted by Gasteiger charge is 2.18. The summed E-state index contributed by atoms with van der Waals surface area (Å²) in [7, 11) is 0. The van der Waals surface area contributed by atoms with Crippen molar-refractivity contribution < 1.29 is 9.53 Å². The number of anilines is 1. The molecule has 1 aliphatic rings. The molecule has 0 radical (unpaired) electrons. The van der Waals surface area contributed by atoms with E-state index in [0.717, 1.165) is 37.6 Å². The third-order valence-corrected chi connectivity index (χ3v) is 4.07. The molecular formula is C16H24N6O2. The first kappa shape index (κ1) is 16.5. The lowest BCUT2D eigenvalue weighted by Crippen LogP contribution is -2.38. The molecule has 1 saturated heterocycles. The average Bonchev–Trinajstić information content (AvgIpc) is 3.24. The fourth-order valence-corrected chi connectivity index (χ4v) is 2.88. The second-order valence-corrected chi connectivity index (χ2v) is 6.37. The van der Waals surface area contributed by atoms with E-state index in [9.17, 15) is 4.79 Å². The predicted octanol–water partition coefficient (Wildman–Crippen LogP) is 1.70. The summed E-state index contributed by atoms with van der Waals surface area (Å²) in [5, 5.41) is 17.2. The summed E-state index contributed by atoms with van der Waals surface area (Å²) in [6.07, 6.45) is 3.41. The van der Waals surface area contributed by atoms with Gasteiger partial charge in [0.25, 0.3) is 0 Å². The molecule has 1 aliphatic heterocycles. The average molecular weight is 332 g/mol. The maximum absolute atomic E-state index is 12.2. The molecular weight excluding hydrogens is 308 g/mol. The lowest BCUT2D eigenvalue weighted by molar-refractivity contribution is 0.181. The molecule has 2 aromatic heterocycles. The number of hydrogen-bond donors (Lipinski definition) is 3. The van der Waals surface area contributed by atoms with E-state index in [1.54, 1.807) is 12.3 Å².